The smallest absolute Gasteiger partial charge is 0.335 e. The van der Waals surface area contributed by atoms with Crippen molar-refractivity contribution in [1.82, 2.24) is 9.47 Å². The Balaban J connectivity index is 0.00000202. The molecular formula is C33H45Cl2N3O4. The fourth-order valence-electron chi connectivity index (χ4n) is 7.27. The lowest BCUT2D eigenvalue weighted by Gasteiger charge is -2.34. The van der Waals surface area contributed by atoms with Crippen LogP contribution in [0.2, 0.25) is 0 Å². The quantitative estimate of drug-likeness (QED) is 0.288. The van der Waals surface area contributed by atoms with E-state index in [2.05, 4.69) is 45.6 Å². The van der Waals surface area contributed by atoms with Gasteiger partial charge in [-0.15, -0.1) is 24.8 Å². The summed E-state index contributed by atoms with van der Waals surface area (Å²) in [6, 6.07) is 12.3. The molecule has 3 heterocycles. The molecule has 3 aliphatic rings. The number of aromatic carboxylic acids is 1. The molecule has 0 atom stereocenters. The van der Waals surface area contributed by atoms with Gasteiger partial charge in [0.1, 0.15) is 6.61 Å². The van der Waals surface area contributed by atoms with Crippen LogP contribution < -0.4 is 9.64 Å². The van der Waals surface area contributed by atoms with E-state index < -0.39 is 5.97 Å². The van der Waals surface area contributed by atoms with E-state index in [0.29, 0.717) is 30.7 Å². The first kappa shape index (κ1) is 32.5. The number of aromatic nitrogens is 1. The van der Waals surface area contributed by atoms with E-state index in [4.69, 9.17) is 9.47 Å². The number of fused-ring (bicyclic) bond motifs is 5. The fourth-order valence-corrected chi connectivity index (χ4v) is 7.27. The molecule has 230 valence electrons. The molecule has 9 heteroatoms. The number of likely N-dealkylation sites (N-methyl/N-ethyl adjacent to an activating group) is 1. The zero-order valence-electron chi connectivity index (χ0n) is 24.8. The molecule has 2 aromatic carbocycles. The van der Waals surface area contributed by atoms with Crippen LogP contribution >= 0.6 is 24.8 Å². The van der Waals surface area contributed by atoms with E-state index in [1.54, 1.807) is 6.07 Å². The van der Waals surface area contributed by atoms with Crippen molar-refractivity contribution in [2.45, 2.75) is 70.4 Å². The molecule has 0 spiro atoms. The van der Waals surface area contributed by atoms with E-state index in [9.17, 15) is 9.90 Å². The minimum atomic E-state index is -0.880. The summed E-state index contributed by atoms with van der Waals surface area (Å²) in [6.45, 7) is 8.56. The standard InChI is InChI=1S/C33H43N3O4.2ClH/c1-3-35(19-18-34-16-14-25(39-2)15-17-34)28-11-7-10-27-31-30(23-8-5-4-6-9-23)26-13-12-24(33(37)38)22-29(26)36(31)20-21-40-32(27)28;;/h7,10-13,22-23,25H,3-6,8-9,14-21H2,1-2H3,(H,37,38);2*1H. The van der Waals surface area contributed by atoms with Gasteiger partial charge < -0.3 is 28.9 Å². The Morgan fingerprint density at radius 1 is 1.05 bits per heavy atom. The van der Waals surface area contributed by atoms with Crippen LogP contribution in [0.15, 0.2) is 36.4 Å². The number of hydrogen-bond donors (Lipinski definition) is 1. The molecule has 1 aliphatic carbocycles. The summed E-state index contributed by atoms with van der Waals surface area (Å²) in [7, 11) is 1.82. The maximum absolute atomic E-state index is 11.9. The van der Waals surface area contributed by atoms with Crippen molar-refractivity contribution >= 4 is 47.4 Å². The molecule has 1 saturated carbocycles. The average Bonchev–Trinajstić information content (AvgIpc) is 3.19. The van der Waals surface area contributed by atoms with Gasteiger partial charge in [0, 0.05) is 56.3 Å². The minimum Gasteiger partial charge on any atom is -0.489 e. The topological polar surface area (TPSA) is 67.2 Å². The van der Waals surface area contributed by atoms with Gasteiger partial charge in [-0.2, -0.15) is 0 Å². The number of rotatable bonds is 8. The highest BCUT2D eigenvalue weighted by molar-refractivity contribution is 5.99. The van der Waals surface area contributed by atoms with Gasteiger partial charge in [0.05, 0.1) is 29.6 Å². The zero-order chi connectivity index (χ0) is 27.6. The number of anilines is 1. The van der Waals surface area contributed by atoms with Gasteiger partial charge in [-0.05, 0) is 68.4 Å². The summed E-state index contributed by atoms with van der Waals surface area (Å²) in [4.78, 5) is 16.9. The van der Waals surface area contributed by atoms with Crippen molar-refractivity contribution in [2.24, 2.45) is 0 Å². The van der Waals surface area contributed by atoms with E-state index in [-0.39, 0.29) is 24.8 Å². The van der Waals surface area contributed by atoms with Crippen LogP contribution in [0.4, 0.5) is 5.69 Å². The Kier molecular flexibility index (Phi) is 11.1. The molecule has 6 rings (SSSR count). The summed E-state index contributed by atoms with van der Waals surface area (Å²) >= 11 is 0. The number of carboxylic acids is 1. The van der Waals surface area contributed by atoms with Gasteiger partial charge in [-0.25, -0.2) is 4.79 Å². The highest BCUT2D eigenvalue weighted by Gasteiger charge is 2.31. The zero-order valence-corrected chi connectivity index (χ0v) is 26.5. The predicted octanol–water partition coefficient (Wildman–Crippen LogP) is 7.23. The monoisotopic (exact) mass is 617 g/mol. The lowest BCUT2D eigenvalue weighted by Crippen LogP contribution is -2.41. The second kappa shape index (κ2) is 14.3. The number of hydrogen-bond acceptors (Lipinski definition) is 5. The maximum Gasteiger partial charge on any atom is 0.335 e. The second-order valence-electron chi connectivity index (χ2n) is 11.6. The number of piperidine rings is 1. The molecule has 0 amide bonds. The lowest BCUT2D eigenvalue weighted by atomic mass is 9.81. The normalized spacial score (nSPS) is 17.8. The molecule has 3 aromatic rings. The number of ether oxygens (including phenoxy) is 2. The first-order valence-corrected chi connectivity index (χ1v) is 15.2. The lowest BCUT2D eigenvalue weighted by molar-refractivity contribution is 0.0419. The summed E-state index contributed by atoms with van der Waals surface area (Å²) in [5.74, 6) is 0.573. The van der Waals surface area contributed by atoms with E-state index >= 15 is 0 Å². The van der Waals surface area contributed by atoms with Gasteiger partial charge in [-0.3, -0.25) is 0 Å². The van der Waals surface area contributed by atoms with Crippen LogP contribution in [0, 0.1) is 0 Å². The Hall–Kier alpha value is -2.45. The summed E-state index contributed by atoms with van der Waals surface area (Å²) in [5.41, 5.74) is 6.28. The Bertz CT molecular complexity index is 1360. The first-order valence-electron chi connectivity index (χ1n) is 15.2. The second-order valence-corrected chi connectivity index (χ2v) is 11.6. The average molecular weight is 619 g/mol. The Morgan fingerprint density at radius 2 is 1.81 bits per heavy atom. The fraction of sp³-hybridized carbons (Fsp3) is 0.545. The number of nitrogens with zero attached hydrogens (tertiary/aromatic N) is 3. The number of carboxylic acid groups (broad SMARTS) is 1. The SMILES string of the molecule is CCN(CCN1CCC(OC)CC1)c1cccc2c1OCCn1c-2c(C2CCCCC2)c2ccc(C(=O)O)cc21.Cl.Cl. The van der Waals surface area contributed by atoms with Gasteiger partial charge >= 0.3 is 5.97 Å². The molecule has 2 aliphatic heterocycles. The van der Waals surface area contributed by atoms with E-state index in [1.165, 1.54) is 48.7 Å². The summed E-state index contributed by atoms with van der Waals surface area (Å²) in [6.07, 6.45) is 8.76. The highest BCUT2D eigenvalue weighted by Crippen LogP contribution is 2.49. The number of methoxy groups -OCH3 is 1. The molecule has 0 bridgehead atoms. The highest BCUT2D eigenvalue weighted by atomic mass is 35.5. The van der Waals surface area contributed by atoms with Crippen LogP contribution in [-0.4, -0.2) is 73.1 Å². The molecule has 7 nitrogen and oxygen atoms in total. The molecular weight excluding hydrogens is 573 g/mol. The van der Waals surface area contributed by atoms with Crippen LogP contribution in [-0.2, 0) is 11.3 Å². The van der Waals surface area contributed by atoms with Crippen molar-refractivity contribution in [1.29, 1.82) is 0 Å². The van der Waals surface area contributed by atoms with Crippen LogP contribution in [0.3, 0.4) is 0 Å². The Labute approximate surface area is 262 Å². The predicted molar refractivity (Wildman–Crippen MR) is 175 cm³/mol. The van der Waals surface area contributed by atoms with Crippen molar-refractivity contribution in [2.75, 3.05) is 51.3 Å². The van der Waals surface area contributed by atoms with Gasteiger partial charge in [0.2, 0.25) is 0 Å². The third-order valence-electron chi connectivity index (χ3n) is 9.45. The Morgan fingerprint density at radius 3 is 2.50 bits per heavy atom. The van der Waals surface area contributed by atoms with Crippen molar-refractivity contribution < 1.29 is 19.4 Å². The third kappa shape index (κ3) is 6.26. The number of likely N-dealkylation sites (tertiary alicyclic amines) is 1. The van der Waals surface area contributed by atoms with Crippen LogP contribution in [0.25, 0.3) is 22.2 Å². The van der Waals surface area contributed by atoms with Crippen molar-refractivity contribution in [3.8, 4) is 17.0 Å². The van der Waals surface area contributed by atoms with E-state index in [1.807, 2.05) is 13.2 Å². The number of carbonyl (C=O) groups is 1. The summed E-state index contributed by atoms with van der Waals surface area (Å²) in [5, 5.41) is 11.0. The van der Waals surface area contributed by atoms with Gasteiger partial charge in [-0.1, -0.05) is 31.4 Å². The summed E-state index contributed by atoms with van der Waals surface area (Å²) < 4.78 is 14.5. The molecule has 1 N–H and O–H groups in total. The minimum absolute atomic E-state index is 0. The van der Waals surface area contributed by atoms with Gasteiger partial charge in [0.25, 0.3) is 0 Å². The van der Waals surface area contributed by atoms with E-state index in [0.717, 1.165) is 68.1 Å². The van der Waals surface area contributed by atoms with Crippen LogP contribution in [0.1, 0.15) is 73.7 Å². The molecule has 1 saturated heterocycles. The van der Waals surface area contributed by atoms with Crippen molar-refractivity contribution in [3.05, 3.63) is 47.5 Å². The van der Waals surface area contributed by atoms with Crippen molar-refractivity contribution in [3.63, 3.8) is 0 Å². The molecule has 2 fully saturated rings. The van der Waals surface area contributed by atoms with Crippen LogP contribution in [0.5, 0.6) is 5.75 Å². The molecule has 0 radical (unpaired) electrons. The molecule has 1 aromatic heterocycles. The van der Waals surface area contributed by atoms with Gasteiger partial charge in [0.15, 0.2) is 5.75 Å². The first-order chi connectivity index (χ1) is 19.6. The maximum atomic E-state index is 11.9. The molecule has 0 unspecified atom stereocenters. The number of para-hydroxylation sites is 1. The largest absolute Gasteiger partial charge is 0.489 e. The molecule has 42 heavy (non-hydrogen) atoms. The third-order valence-corrected chi connectivity index (χ3v) is 9.45. The number of halogens is 2. The number of benzene rings is 2.